The molecule has 0 saturated carbocycles. The van der Waals surface area contributed by atoms with Crippen molar-refractivity contribution < 1.29 is 31.7 Å². The number of rotatable bonds is 5. The Balaban J connectivity index is 1.59. The Morgan fingerprint density at radius 1 is 1.33 bits per heavy atom. The number of carbonyl (C=O) groups is 2. The van der Waals surface area contributed by atoms with Gasteiger partial charge in [0.05, 0.1) is 6.10 Å². The number of Topliss-reactive ketones (excluding diaryl/α,β-unsaturated/α-hetero) is 1. The fraction of sp³-hybridized carbons (Fsp3) is 0.692. The van der Waals surface area contributed by atoms with Gasteiger partial charge in [0.1, 0.15) is 24.1 Å². The van der Waals surface area contributed by atoms with Gasteiger partial charge in [-0.3, -0.25) is 8.98 Å². The van der Waals surface area contributed by atoms with Crippen LogP contribution < -0.4 is 0 Å². The van der Waals surface area contributed by atoms with Gasteiger partial charge in [0.2, 0.25) is 0 Å². The van der Waals surface area contributed by atoms with Crippen LogP contribution in [0.2, 0.25) is 0 Å². The molecule has 8 heteroatoms. The van der Waals surface area contributed by atoms with Gasteiger partial charge < -0.3 is 9.47 Å². The summed E-state index contributed by atoms with van der Waals surface area (Å²) in [5, 5.41) is -0.597. The van der Waals surface area contributed by atoms with Crippen LogP contribution in [0.3, 0.4) is 0 Å². The van der Waals surface area contributed by atoms with Crippen LogP contribution in [-0.2, 0) is 33.4 Å². The summed E-state index contributed by atoms with van der Waals surface area (Å²) in [6.45, 7) is 4.57. The van der Waals surface area contributed by atoms with E-state index in [1.807, 2.05) is 0 Å². The summed E-state index contributed by atoms with van der Waals surface area (Å²) in [5.74, 6) is -1.19. The van der Waals surface area contributed by atoms with Crippen LogP contribution in [0.15, 0.2) is 12.2 Å². The zero-order valence-corrected chi connectivity index (χ0v) is 12.3. The third kappa shape index (κ3) is 2.41. The van der Waals surface area contributed by atoms with E-state index in [0.29, 0.717) is 6.42 Å². The average molecular weight is 316 g/mol. The number of ether oxygens (including phenoxy) is 2. The predicted octanol–water partition coefficient (Wildman–Crippen LogP) is -0.0506. The molecule has 0 aromatic carbocycles. The Morgan fingerprint density at radius 2 is 2.05 bits per heavy atom. The first-order valence-corrected chi connectivity index (χ1v) is 8.18. The van der Waals surface area contributed by atoms with Gasteiger partial charge in [-0.15, -0.1) is 0 Å². The second kappa shape index (κ2) is 4.89. The summed E-state index contributed by atoms with van der Waals surface area (Å²) in [5.41, 5.74) is 0.221. The van der Waals surface area contributed by atoms with Gasteiger partial charge in [-0.1, -0.05) is 6.58 Å². The van der Waals surface area contributed by atoms with E-state index in [2.05, 4.69) is 6.58 Å². The maximum Gasteiger partial charge on any atom is 0.333 e. The summed E-state index contributed by atoms with van der Waals surface area (Å²) in [4.78, 5) is 23.1. The molecule has 3 saturated heterocycles. The van der Waals surface area contributed by atoms with Crippen molar-refractivity contribution in [1.29, 1.82) is 0 Å². The van der Waals surface area contributed by atoms with Gasteiger partial charge in [0, 0.05) is 17.9 Å². The van der Waals surface area contributed by atoms with E-state index in [-0.39, 0.29) is 36.4 Å². The maximum absolute atomic E-state index is 11.9. The van der Waals surface area contributed by atoms with Gasteiger partial charge in [0.15, 0.2) is 5.78 Å². The van der Waals surface area contributed by atoms with Gasteiger partial charge in [-0.2, -0.15) is 8.42 Å². The summed E-state index contributed by atoms with van der Waals surface area (Å²) in [6, 6.07) is 0. The first-order chi connectivity index (χ1) is 9.79. The van der Waals surface area contributed by atoms with Crippen molar-refractivity contribution in [3.05, 3.63) is 12.2 Å². The summed E-state index contributed by atoms with van der Waals surface area (Å²) >= 11 is 0. The van der Waals surface area contributed by atoms with E-state index in [9.17, 15) is 18.0 Å². The van der Waals surface area contributed by atoms with Crippen LogP contribution in [-0.4, -0.2) is 50.3 Å². The van der Waals surface area contributed by atoms with Gasteiger partial charge in [-0.25, -0.2) is 4.79 Å². The Hall–Kier alpha value is -1.25. The highest BCUT2D eigenvalue weighted by Crippen LogP contribution is 2.50. The Labute approximate surface area is 122 Å². The lowest BCUT2D eigenvalue weighted by Crippen LogP contribution is -2.36. The molecule has 0 aromatic rings. The fourth-order valence-electron chi connectivity index (χ4n) is 3.20. The van der Waals surface area contributed by atoms with Crippen molar-refractivity contribution >= 4 is 21.9 Å². The van der Waals surface area contributed by atoms with Crippen LogP contribution in [0.25, 0.3) is 0 Å². The summed E-state index contributed by atoms with van der Waals surface area (Å²) in [6.07, 6.45) is -0.872. The lowest BCUT2D eigenvalue weighted by atomic mass is 9.83. The molecular weight excluding hydrogens is 300 g/mol. The van der Waals surface area contributed by atoms with E-state index in [1.54, 1.807) is 0 Å². The highest BCUT2D eigenvalue weighted by molar-refractivity contribution is 7.87. The monoisotopic (exact) mass is 316 g/mol. The molecule has 116 valence electrons. The van der Waals surface area contributed by atoms with Crippen molar-refractivity contribution in [1.82, 2.24) is 0 Å². The quantitative estimate of drug-likeness (QED) is 0.398. The molecule has 0 amide bonds. The van der Waals surface area contributed by atoms with Crippen molar-refractivity contribution in [3.8, 4) is 0 Å². The standard InChI is InChI=1S/C13H16O7S/c1-6(2)13(15)18-5-7(14)3-8-9-4-10-12(19-9)11(8)20-21(10,16)17/h8-12H,1,3-5H2,2H3. The van der Waals surface area contributed by atoms with Crippen LogP contribution in [0.1, 0.15) is 19.8 Å². The Morgan fingerprint density at radius 3 is 2.71 bits per heavy atom. The number of hydrogen-bond acceptors (Lipinski definition) is 7. The minimum atomic E-state index is -3.57. The molecule has 0 spiro atoms. The highest BCUT2D eigenvalue weighted by atomic mass is 32.2. The second-order valence-electron chi connectivity index (χ2n) is 5.73. The zero-order valence-electron chi connectivity index (χ0n) is 11.5. The Kier molecular flexibility index (Phi) is 3.42. The number of fused-ring (bicyclic) bond motifs is 1. The third-order valence-electron chi connectivity index (χ3n) is 4.18. The molecule has 3 rings (SSSR count). The number of esters is 1. The normalized spacial score (nSPS) is 38.4. The molecule has 21 heavy (non-hydrogen) atoms. The van der Waals surface area contributed by atoms with Crippen LogP contribution in [0.4, 0.5) is 0 Å². The Bertz CT molecular complexity index is 608. The lowest BCUT2D eigenvalue weighted by molar-refractivity contribution is -0.144. The van der Waals surface area contributed by atoms with E-state index in [0.717, 1.165) is 0 Å². The molecule has 3 fully saturated rings. The zero-order chi connectivity index (χ0) is 15.4. The first-order valence-electron chi connectivity index (χ1n) is 6.71. The molecule has 3 aliphatic heterocycles. The number of carbonyl (C=O) groups excluding carboxylic acids is 2. The average Bonchev–Trinajstić information content (AvgIpc) is 2.99. The fourth-order valence-corrected chi connectivity index (χ4v) is 4.88. The van der Waals surface area contributed by atoms with Crippen molar-refractivity contribution in [2.45, 2.75) is 43.3 Å². The van der Waals surface area contributed by atoms with E-state index in [4.69, 9.17) is 13.7 Å². The van der Waals surface area contributed by atoms with Crippen LogP contribution in [0, 0.1) is 5.92 Å². The molecule has 0 radical (unpaired) electrons. The molecule has 0 aliphatic carbocycles. The number of hydrogen-bond donors (Lipinski definition) is 0. The van der Waals surface area contributed by atoms with Gasteiger partial charge in [-0.05, 0) is 13.3 Å². The molecule has 0 N–H and O–H groups in total. The first kappa shape index (κ1) is 14.7. The van der Waals surface area contributed by atoms with Gasteiger partial charge >= 0.3 is 5.97 Å². The molecule has 5 atom stereocenters. The van der Waals surface area contributed by atoms with E-state index < -0.39 is 33.5 Å². The number of ketones is 1. The summed E-state index contributed by atoms with van der Waals surface area (Å²) in [7, 11) is -3.57. The third-order valence-corrected chi connectivity index (χ3v) is 5.87. The molecular formula is C13H16O7S. The van der Waals surface area contributed by atoms with Gasteiger partial charge in [0.25, 0.3) is 10.1 Å². The second-order valence-corrected chi connectivity index (χ2v) is 7.51. The van der Waals surface area contributed by atoms with Crippen LogP contribution >= 0.6 is 0 Å². The predicted molar refractivity (Wildman–Crippen MR) is 69.7 cm³/mol. The van der Waals surface area contributed by atoms with E-state index in [1.165, 1.54) is 6.92 Å². The molecule has 7 nitrogen and oxygen atoms in total. The van der Waals surface area contributed by atoms with Crippen molar-refractivity contribution in [2.24, 2.45) is 5.92 Å². The highest BCUT2D eigenvalue weighted by Gasteiger charge is 2.65. The summed E-state index contributed by atoms with van der Waals surface area (Å²) < 4.78 is 38.9. The van der Waals surface area contributed by atoms with Crippen LogP contribution in [0.5, 0.6) is 0 Å². The van der Waals surface area contributed by atoms with E-state index >= 15 is 0 Å². The topological polar surface area (TPSA) is 96.0 Å². The minimum Gasteiger partial charge on any atom is -0.454 e. The molecule has 3 heterocycles. The molecule has 0 aromatic heterocycles. The van der Waals surface area contributed by atoms with Crippen molar-refractivity contribution in [3.63, 3.8) is 0 Å². The maximum atomic E-state index is 11.9. The molecule has 3 aliphatic rings. The SMILES string of the molecule is C=C(C)C(=O)OCC(=O)CC1C2CC3C(O2)C1OS3(=O)=O. The van der Waals surface area contributed by atoms with Crippen molar-refractivity contribution in [2.75, 3.05) is 6.61 Å². The molecule has 5 unspecified atom stereocenters. The minimum absolute atomic E-state index is 0.0809. The lowest BCUT2D eigenvalue weighted by Gasteiger charge is -2.20. The smallest absolute Gasteiger partial charge is 0.333 e. The largest absolute Gasteiger partial charge is 0.454 e. The molecule has 2 bridgehead atoms.